The summed E-state index contributed by atoms with van der Waals surface area (Å²) in [4.78, 5) is 41.7. The maximum atomic E-state index is 13.3. The summed E-state index contributed by atoms with van der Waals surface area (Å²) in [6.45, 7) is 2.01. The van der Waals surface area contributed by atoms with Crippen LogP contribution in [-0.2, 0) is 26.2 Å². The third kappa shape index (κ3) is 3.51. The van der Waals surface area contributed by atoms with Crippen LogP contribution in [0, 0.1) is 0 Å². The number of methoxy groups -OCH3 is 1. The Morgan fingerprint density at radius 2 is 2.03 bits per heavy atom. The standard InChI is InChI=1S/C27H35N3O8/c1-6-16(24(33)29(3)14-20(31)32)30(4)25(34)37-18-9-10-27(35)19-13-15-7-8-17(36-5)22-21(15)26(27,23(18)38-22)11-12-28(19)2/h7-9,16,19,23,35H,6,10-14H2,1-5H3,(H,31,32)/t16-,19?,23-,26-,27+/m0/s1. The quantitative estimate of drug-likeness (QED) is 0.538. The van der Waals surface area contributed by atoms with Crippen molar-refractivity contribution in [3.8, 4) is 11.5 Å². The number of carbonyl (C=O) groups is 3. The van der Waals surface area contributed by atoms with E-state index < -0.39 is 47.7 Å². The number of carbonyl (C=O) groups excluding carboxylic acids is 2. The van der Waals surface area contributed by atoms with Crippen molar-refractivity contribution in [1.82, 2.24) is 14.7 Å². The minimum absolute atomic E-state index is 0.128. The van der Waals surface area contributed by atoms with Crippen LogP contribution in [0.1, 0.15) is 37.3 Å². The Kier molecular flexibility index (Phi) is 6.34. The first kappa shape index (κ1) is 26.3. The van der Waals surface area contributed by atoms with E-state index in [4.69, 9.17) is 19.3 Å². The van der Waals surface area contributed by atoms with Crippen LogP contribution in [0.5, 0.6) is 11.5 Å². The molecule has 1 unspecified atom stereocenters. The largest absolute Gasteiger partial charge is 0.493 e. The van der Waals surface area contributed by atoms with Gasteiger partial charge in [0.2, 0.25) is 5.91 Å². The van der Waals surface area contributed by atoms with Crippen LogP contribution < -0.4 is 9.47 Å². The summed E-state index contributed by atoms with van der Waals surface area (Å²) < 4.78 is 18.0. The van der Waals surface area contributed by atoms with Gasteiger partial charge in [0.05, 0.1) is 18.1 Å². The number of piperidine rings is 1. The van der Waals surface area contributed by atoms with Gasteiger partial charge in [0.25, 0.3) is 0 Å². The number of aliphatic carboxylic acids is 1. The number of carboxylic acid groups (broad SMARTS) is 1. The van der Waals surface area contributed by atoms with Gasteiger partial charge < -0.3 is 34.2 Å². The Bertz CT molecular complexity index is 1220. The number of aliphatic hydroxyl groups is 1. The molecule has 1 aromatic carbocycles. The van der Waals surface area contributed by atoms with Gasteiger partial charge in [-0.25, -0.2) is 4.79 Å². The molecule has 2 bridgehead atoms. The lowest BCUT2D eigenvalue weighted by molar-refractivity contribution is -0.163. The Labute approximate surface area is 221 Å². The number of rotatable bonds is 7. The fourth-order valence-corrected chi connectivity index (χ4v) is 7.04. The maximum Gasteiger partial charge on any atom is 0.415 e. The number of amides is 2. The van der Waals surface area contributed by atoms with Gasteiger partial charge in [-0.3, -0.25) is 14.5 Å². The van der Waals surface area contributed by atoms with Gasteiger partial charge in [-0.15, -0.1) is 0 Å². The Balaban J connectivity index is 1.47. The molecular formula is C27H35N3O8. The van der Waals surface area contributed by atoms with Crippen molar-refractivity contribution in [3.05, 3.63) is 35.1 Å². The van der Waals surface area contributed by atoms with E-state index in [-0.39, 0.29) is 18.9 Å². The molecule has 1 spiro atoms. The smallest absolute Gasteiger partial charge is 0.415 e. The van der Waals surface area contributed by atoms with Crippen LogP contribution in [0.4, 0.5) is 4.79 Å². The average Bonchev–Trinajstić information content (AvgIpc) is 3.23. The number of hydrogen-bond donors (Lipinski definition) is 2. The predicted molar refractivity (Wildman–Crippen MR) is 135 cm³/mol. The molecule has 2 aliphatic heterocycles. The lowest BCUT2D eigenvalue weighted by Gasteiger charge is -2.61. The molecule has 5 atom stereocenters. The molecule has 0 radical (unpaired) electrons. The first-order chi connectivity index (χ1) is 18.0. The van der Waals surface area contributed by atoms with Crippen LogP contribution in [0.15, 0.2) is 24.0 Å². The van der Waals surface area contributed by atoms with Gasteiger partial charge in [0.15, 0.2) is 17.6 Å². The molecule has 1 aromatic rings. The van der Waals surface area contributed by atoms with E-state index in [1.807, 2.05) is 19.2 Å². The molecule has 2 heterocycles. The summed E-state index contributed by atoms with van der Waals surface area (Å²) >= 11 is 0. The summed E-state index contributed by atoms with van der Waals surface area (Å²) in [6.07, 6.45) is 2.06. The monoisotopic (exact) mass is 529 g/mol. The van der Waals surface area contributed by atoms with E-state index in [9.17, 15) is 19.5 Å². The summed E-state index contributed by atoms with van der Waals surface area (Å²) in [6, 6.07) is 2.87. The van der Waals surface area contributed by atoms with E-state index in [0.717, 1.165) is 22.6 Å². The van der Waals surface area contributed by atoms with E-state index in [0.29, 0.717) is 30.1 Å². The average molecular weight is 530 g/mol. The Morgan fingerprint density at radius 1 is 1.29 bits per heavy atom. The number of likely N-dealkylation sites (N-methyl/N-ethyl adjacent to an activating group) is 3. The van der Waals surface area contributed by atoms with Gasteiger partial charge >= 0.3 is 12.1 Å². The molecule has 1 saturated heterocycles. The second-order valence-corrected chi connectivity index (χ2v) is 10.8. The SMILES string of the molecule is CC[C@@H](C(=O)N(C)CC(=O)O)N(C)C(=O)OC1=CC[C@@]2(O)C3Cc4ccc(OC)c5c4[C@@]2(CCN3C)[C@H]1O5. The predicted octanol–water partition coefficient (Wildman–Crippen LogP) is 1.36. The van der Waals surface area contributed by atoms with E-state index in [1.54, 1.807) is 20.1 Å². The molecule has 5 rings (SSSR count). The first-order valence-electron chi connectivity index (χ1n) is 12.9. The normalized spacial score (nSPS) is 29.4. The Morgan fingerprint density at radius 3 is 2.68 bits per heavy atom. The van der Waals surface area contributed by atoms with Crippen molar-refractivity contribution >= 4 is 18.0 Å². The summed E-state index contributed by atoms with van der Waals surface area (Å²) in [5, 5.41) is 21.3. The molecule has 2 N–H and O–H groups in total. The second kappa shape index (κ2) is 9.16. The van der Waals surface area contributed by atoms with Gasteiger partial charge in [-0.2, -0.15) is 0 Å². The third-order valence-electron chi connectivity index (χ3n) is 8.94. The molecular weight excluding hydrogens is 494 g/mol. The molecule has 2 amide bonds. The molecule has 2 aliphatic carbocycles. The third-order valence-corrected chi connectivity index (χ3v) is 8.94. The highest BCUT2D eigenvalue weighted by Gasteiger charge is 2.72. The van der Waals surface area contributed by atoms with Crippen LogP contribution in [0.3, 0.4) is 0 Å². The summed E-state index contributed by atoms with van der Waals surface area (Å²) in [5.74, 6) is -0.207. The first-order valence-corrected chi connectivity index (χ1v) is 12.9. The molecule has 1 fully saturated rings. The van der Waals surface area contributed by atoms with Crippen molar-refractivity contribution in [2.24, 2.45) is 0 Å². The fraction of sp³-hybridized carbons (Fsp3) is 0.593. The van der Waals surface area contributed by atoms with Crippen molar-refractivity contribution in [2.45, 2.75) is 61.8 Å². The number of hydrogen-bond acceptors (Lipinski definition) is 8. The van der Waals surface area contributed by atoms with Crippen molar-refractivity contribution < 1.29 is 38.8 Å². The highest BCUT2D eigenvalue weighted by atomic mass is 16.6. The van der Waals surface area contributed by atoms with Crippen molar-refractivity contribution in [2.75, 3.05) is 41.3 Å². The zero-order chi connectivity index (χ0) is 27.6. The van der Waals surface area contributed by atoms with Gasteiger partial charge in [-0.05, 0) is 50.6 Å². The molecule has 0 saturated carbocycles. The molecule has 11 heteroatoms. The highest BCUT2D eigenvalue weighted by Crippen LogP contribution is 2.65. The summed E-state index contributed by atoms with van der Waals surface area (Å²) in [5.41, 5.74) is 0.0816. The highest BCUT2D eigenvalue weighted by molar-refractivity contribution is 5.88. The number of nitrogens with zero attached hydrogens (tertiary/aromatic N) is 3. The maximum absolute atomic E-state index is 13.3. The van der Waals surface area contributed by atoms with Crippen LogP contribution >= 0.6 is 0 Å². The molecule has 206 valence electrons. The van der Waals surface area contributed by atoms with Crippen molar-refractivity contribution in [3.63, 3.8) is 0 Å². The topological polar surface area (TPSA) is 129 Å². The Hall–Kier alpha value is -3.31. The lowest BCUT2D eigenvalue weighted by Crippen LogP contribution is -2.74. The fourth-order valence-electron chi connectivity index (χ4n) is 7.04. The number of benzene rings is 1. The molecule has 0 aromatic heterocycles. The molecule has 38 heavy (non-hydrogen) atoms. The summed E-state index contributed by atoms with van der Waals surface area (Å²) in [7, 11) is 6.44. The molecule has 11 nitrogen and oxygen atoms in total. The van der Waals surface area contributed by atoms with Crippen LogP contribution in [0.2, 0.25) is 0 Å². The van der Waals surface area contributed by atoms with Gasteiger partial charge in [0, 0.05) is 32.1 Å². The van der Waals surface area contributed by atoms with E-state index >= 15 is 0 Å². The lowest BCUT2D eigenvalue weighted by atomic mass is 9.50. The van der Waals surface area contributed by atoms with Gasteiger partial charge in [-0.1, -0.05) is 13.0 Å². The van der Waals surface area contributed by atoms with Gasteiger partial charge in [0.1, 0.15) is 18.3 Å². The van der Waals surface area contributed by atoms with E-state index in [1.165, 1.54) is 19.0 Å². The van der Waals surface area contributed by atoms with E-state index in [2.05, 4.69) is 4.90 Å². The number of carboxylic acids is 1. The molecule has 4 aliphatic rings. The minimum Gasteiger partial charge on any atom is -0.493 e. The van der Waals surface area contributed by atoms with Crippen molar-refractivity contribution in [1.29, 1.82) is 0 Å². The number of likely N-dealkylation sites (tertiary alicyclic amines) is 1. The zero-order valence-electron chi connectivity index (χ0n) is 22.4. The minimum atomic E-state index is -1.14. The van der Waals surface area contributed by atoms with Crippen LogP contribution in [-0.4, -0.2) is 108 Å². The zero-order valence-corrected chi connectivity index (χ0v) is 22.4. The second-order valence-electron chi connectivity index (χ2n) is 10.8. The number of ether oxygens (including phenoxy) is 3. The van der Waals surface area contributed by atoms with Crippen LogP contribution in [0.25, 0.3) is 0 Å².